The predicted molar refractivity (Wildman–Crippen MR) is 85.7 cm³/mol. The second-order valence-corrected chi connectivity index (χ2v) is 8.23. The molecular formula is C15H21N3O6S. The Morgan fingerprint density at radius 1 is 1.00 bits per heavy atom. The first-order valence-corrected chi connectivity index (χ1v) is 8.93. The average molecular weight is 371 g/mol. The van der Waals surface area contributed by atoms with Gasteiger partial charge in [0.15, 0.2) is 22.9 Å². The summed E-state index contributed by atoms with van der Waals surface area (Å²) in [7, 11) is 0. The Hall–Kier alpha value is -1.17. The number of hydrogen-bond acceptors (Lipinski definition) is 9. The third kappa shape index (κ3) is 3.18. The van der Waals surface area contributed by atoms with Crippen LogP contribution in [0.25, 0.3) is 0 Å². The third-order valence-corrected chi connectivity index (χ3v) is 5.02. The fourth-order valence-corrected chi connectivity index (χ4v) is 4.22. The third-order valence-electron chi connectivity index (χ3n) is 4.12. The van der Waals surface area contributed by atoms with Crippen LogP contribution in [0.1, 0.15) is 45.7 Å². The number of amides is 1. The van der Waals surface area contributed by atoms with E-state index in [-0.39, 0.29) is 18.1 Å². The maximum Gasteiger partial charge on any atom is 0.223 e. The summed E-state index contributed by atoms with van der Waals surface area (Å²) in [4.78, 5) is 11.2. The van der Waals surface area contributed by atoms with Crippen molar-refractivity contribution < 1.29 is 28.5 Å². The molecule has 0 saturated carbocycles. The van der Waals surface area contributed by atoms with Crippen molar-refractivity contribution in [2.45, 2.75) is 76.9 Å². The first-order chi connectivity index (χ1) is 11.6. The van der Waals surface area contributed by atoms with Crippen LogP contribution in [0.3, 0.4) is 0 Å². The van der Waals surface area contributed by atoms with Gasteiger partial charge in [-0.1, -0.05) is 11.3 Å². The van der Waals surface area contributed by atoms with Crippen molar-refractivity contribution in [1.29, 1.82) is 0 Å². The van der Waals surface area contributed by atoms with Crippen LogP contribution in [-0.2, 0) is 28.5 Å². The number of fused-ring (bicyclic) bond motifs is 3. The first kappa shape index (κ1) is 17.3. The molecule has 0 aliphatic carbocycles. The van der Waals surface area contributed by atoms with E-state index in [9.17, 15) is 4.79 Å². The van der Waals surface area contributed by atoms with Crippen LogP contribution in [0, 0.1) is 0 Å². The average Bonchev–Trinajstić information content (AvgIpc) is 3.11. The lowest BCUT2D eigenvalue weighted by molar-refractivity contribution is -0.236. The van der Waals surface area contributed by atoms with E-state index in [1.165, 1.54) is 18.3 Å². The van der Waals surface area contributed by atoms with Crippen molar-refractivity contribution in [2.24, 2.45) is 0 Å². The quantitative estimate of drug-likeness (QED) is 0.836. The fourth-order valence-electron chi connectivity index (χ4n) is 3.36. The molecule has 9 nitrogen and oxygen atoms in total. The maximum atomic E-state index is 11.2. The molecular weight excluding hydrogens is 350 g/mol. The van der Waals surface area contributed by atoms with E-state index in [4.69, 9.17) is 23.7 Å². The lowest BCUT2D eigenvalue weighted by atomic mass is 9.99. The lowest BCUT2D eigenvalue weighted by Crippen LogP contribution is -2.51. The highest BCUT2D eigenvalue weighted by Gasteiger charge is 2.61. The molecule has 1 amide bonds. The molecule has 5 atom stereocenters. The van der Waals surface area contributed by atoms with Crippen molar-refractivity contribution >= 4 is 22.4 Å². The van der Waals surface area contributed by atoms with E-state index in [2.05, 4.69) is 15.5 Å². The molecule has 3 aliphatic heterocycles. The number of carbonyl (C=O) groups is 1. The fraction of sp³-hybridized carbons (Fsp3) is 0.800. The summed E-state index contributed by atoms with van der Waals surface area (Å²) in [6.45, 7) is 8.78. The molecule has 3 saturated heterocycles. The Kier molecular flexibility index (Phi) is 3.91. The molecule has 138 valence electrons. The van der Waals surface area contributed by atoms with Crippen molar-refractivity contribution in [2.75, 3.05) is 5.32 Å². The summed E-state index contributed by atoms with van der Waals surface area (Å²) in [6, 6.07) is 0. The van der Waals surface area contributed by atoms with E-state index in [0.29, 0.717) is 10.1 Å². The zero-order chi connectivity index (χ0) is 18.0. The van der Waals surface area contributed by atoms with Crippen LogP contribution < -0.4 is 5.32 Å². The van der Waals surface area contributed by atoms with E-state index in [1.54, 1.807) is 0 Å². The van der Waals surface area contributed by atoms with Gasteiger partial charge in [-0.05, 0) is 27.7 Å². The van der Waals surface area contributed by atoms with Crippen LogP contribution >= 0.6 is 11.3 Å². The molecule has 10 heteroatoms. The van der Waals surface area contributed by atoms with Crippen LogP contribution in [-0.4, -0.2) is 52.3 Å². The second-order valence-electron chi connectivity index (χ2n) is 7.22. The molecule has 1 aromatic rings. The number of carbonyl (C=O) groups excluding carboxylic acids is 1. The van der Waals surface area contributed by atoms with E-state index < -0.39 is 30.1 Å². The van der Waals surface area contributed by atoms with Crippen LogP contribution in [0.15, 0.2) is 0 Å². The summed E-state index contributed by atoms with van der Waals surface area (Å²) in [5.41, 5.74) is 0. The normalized spacial score (nSPS) is 38.2. The SMILES string of the molecule is CC(=O)Nc1nnc(C2O[C@@H]3OC(C)(C)O[C@@H]3[C@H]3OC(C)(C)O[C@@H]23)s1. The molecule has 3 aliphatic rings. The van der Waals surface area contributed by atoms with E-state index in [0.717, 1.165) is 0 Å². The minimum Gasteiger partial charge on any atom is -0.342 e. The first-order valence-electron chi connectivity index (χ1n) is 8.11. The molecule has 1 aromatic heterocycles. The Morgan fingerprint density at radius 2 is 1.64 bits per heavy atom. The Balaban J connectivity index is 1.64. The number of anilines is 1. The van der Waals surface area contributed by atoms with Gasteiger partial charge < -0.3 is 29.0 Å². The van der Waals surface area contributed by atoms with Gasteiger partial charge in [-0.15, -0.1) is 10.2 Å². The van der Waals surface area contributed by atoms with Crippen LogP contribution in [0.2, 0.25) is 0 Å². The minimum absolute atomic E-state index is 0.207. The van der Waals surface area contributed by atoms with Gasteiger partial charge in [-0.2, -0.15) is 0 Å². The highest BCUT2D eigenvalue weighted by atomic mass is 32.1. The van der Waals surface area contributed by atoms with Gasteiger partial charge in [-0.25, -0.2) is 0 Å². The summed E-state index contributed by atoms with van der Waals surface area (Å²) in [6.07, 6.45) is -2.27. The summed E-state index contributed by atoms with van der Waals surface area (Å²) in [5, 5.41) is 11.8. The Bertz CT molecular complexity index is 693. The highest BCUT2D eigenvalue weighted by Crippen LogP contribution is 2.48. The Morgan fingerprint density at radius 3 is 2.36 bits per heavy atom. The molecule has 4 heterocycles. The molecule has 0 aromatic carbocycles. The molecule has 25 heavy (non-hydrogen) atoms. The number of nitrogens with zero attached hydrogens (tertiary/aromatic N) is 2. The largest absolute Gasteiger partial charge is 0.342 e. The number of aromatic nitrogens is 2. The van der Waals surface area contributed by atoms with E-state index >= 15 is 0 Å². The molecule has 0 bridgehead atoms. The molecule has 1 unspecified atom stereocenters. The minimum atomic E-state index is -0.771. The van der Waals surface area contributed by atoms with Crippen LogP contribution in [0.4, 0.5) is 5.13 Å². The summed E-state index contributed by atoms with van der Waals surface area (Å²) >= 11 is 1.24. The van der Waals surface area contributed by atoms with Gasteiger partial charge in [0.2, 0.25) is 11.0 Å². The van der Waals surface area contributed by atoms with Crippen LogP contribution in [0.5, 0.6) is 0 Å². The smallest absolute Gasteiger partial charge is 0.223 e. The topological polar surface area (TPSA) is 101 Å². The van der Waals surface area contributed by atoms with Gasteiger partial charge in [0.05, 0.1) is 0 Å². The van der Waals surface area contributed by atoms with Crippen molar-refractivity contribution in [3.8, 4) is 0 Å². The molecule has 3 fully saturated rings. The maximum absolute atomic E-state index is 11.2. The number of ether oxygens (including phenoxy) is 5. The summed E-state index contributed by atoms with van der Waals surface area (Å²) in [5.74, 6) is -1.75. The Labute approximate surface area is 148 Å². The molecule has 0 radical (unpaired) electrons. The second kappa shape index (κ2) is 5.66. The monoisotopic (exact) mass is 371 g/mol. The standard InChI is InChI=1S/C15H21N3O6S/c1-6(19)16-13-18-17-11(25-13)9-7-8(22-14(2,3)21-7)10-12(20-9)24-15(4,5)23-10/h7-10,12H,1-5H3,(H,16,18,19)/t7-,8+,9?,10-,12-/m1/s1. The predicted octanol–water partition coefficient (Wildman–Crippen LogP) is 1.57. The number of rotatable bonds is 2. The van der Waals surface area contributed by atoms with Gasteiger partial charge in [0.25, 0.3) is 0 Å². The number of nitrogens with one attached hydrogen (secondary N) is 1. The van der Waals surface area contributed by atoms with Gasteiger partial charge in [-0.3, -0.25) is 4.79 Å². The molecule has 0 spiro atoms. The van der Waals surface area contributed by atoms with Gasteiger partial charge >= 0.3 is 0 Å². The zero-order valence-corrected chi connectivity index (χ0v) is 15.5. The lowest BCUT2D eigenvalue weighted by Gasteiger charge is -2.36. The van der Waals surface area contributed by atoms with E-state index in [1.807, 2.05) is 27.7 Å². The zero-order valence-electron chi connectivity index (χ0n) is 14.6. The summed E-state index contributed by atoms with van der Waals surface area (Å²) < 4.78 is 30.0. The van der Waals surface area contributed by atoms with Gasteiger partial charge in [0.1, 0.15) is 24.4 Å². The molecule has 1 N–H and O–H groups in total. The van der Waals surface area contributed by atoms with Crippen molar-refractivity contribution in [3.05, 3.63) is 5.01 Å². The highest BCUT2D eigenvalue weighted by molar-refractivity contribution is 7.15. The molecule has 4 rings (SSSR count). The van der Waals surface area contributed by atoms with Gasteiger partial charge in [0, 0.05) is 6.92 Å². The van der Waals surface area contributed by atoms with Crippen molar-refractivity contribution in [1.82, 2.24) is 10.2 Å². The van der Waals surface area contributed by atoms with Crippen molar-refractivity contribution in [3.63, 3.8) is 0 Å². The number of hydrogen-bond donors (Lipinski definition) is 1.